The van der Waals surface area contributed by atoms with Gasteiger partial charge in [0.05, 0.1) is 11.5 Å². The van der Waals surface area contributed by atoms with Crippen LogP contribution in [-0.4, -0.2) is 39.2 Å². The fourth-order valence-electron chi connectivity index (χ4n) is 1.71. The molecule has 1 unspecified atom stereocenters. The smallest absolute Gasteiger partial charge is 0.242 e. The molecule has 0 aliphatic carbocycles. The molecule has 1 heterocycles. The topological polar surface area (TPSA) is 83.2 Å². The minimum absolute atomic E-state index is 0.211. The second-order valence-corrected chi connectivity index (χ2v) is 6.79. The highest BCUT2D eigenvalue weighted by molar-refractivity contribution is 7.89. The Bertz CT molecular complexity index is 497. The van der Waals surface area contributed by atoms with Crippen LogP contribution in [0.1, 0.15) is 32.9 Å². The van der Waals surface area contributed by atoms with Crippen LogP contribution in [0.3, 0.4) is 0 Å². The van der Waals surface area contributed by atoms with E-state index in [1.54, 1.807) is 13.2 Å². The highest BCUT2D eigenvalue weighted by Crippen LogP contribution is 2.12. The number of rotatable bonds is 9. The summed E-state index contributed by atoms with van der Waals surface area (Å²) in [5, 5.41) is 3.23. The van der Waals surface area contributed by atoms with Crippen molar-refractivity contribution in [2.45, 2.75) is 50.7 Å². The summed E-state index contributed by atoms with van der Waals surface area (Å²) in [4.78, 5) is 3.23. The average Bonchev–Trinajstić information content (AvgIpc) is 2.85. The van der Waals surface area contributed by atoms with E-state index in [4.69, 9.17) is 4.74 Å². The van der Waals surface area contributed by atoms with Gasteiger partial charge in [-0.25, -0.2) is 13.1 Å². The molecule has 20 heavy (non-hydrogen) atoms. The van der Waals surface area contributed by atoms with Crippen molar-refractivity contribution in [3.63, 3.8) is 0 Å². The van der Waals surface area contributed by atoms with Gasteiger partial charge in [0, 0.05) is 37.6 Å². The maximum absolute atomic E-state index is 12.2. The number of aromatic nitrogens is 1. The van der Waals surface area contributed by atoms with Gasteiger partial charge >= 0.3 is 0 Å². The Morgan fingerprint density at radius 2 is 2.10 bits per heavy atom. The van der Waals surface area contributed by atoms with Gasteiger partial charge in [0.25, 0.3) is 0 Å². The minimum Gasteiger partial charge on any atom is -0.383 e. The van der Waals surface area contributed by atoms with Crippen molar-refractivity contribution in [1.82, 2.24) is 15.0 Å². The Kier molecular flexibility index (Phi) is 6.67. The SMILES string of the molecule is CCC(COC)NS(=O)(=O)c1c[nH]c(CNC(C)C)c1. The lowest BCUT2D eigenvalue weighted by molar-refractivity contribution is 0.173. The molecule has 0 amide bonds. The predicted octanol–water partition coefficient (Wildman–Crippen LogP) is 1.22. The third kappa shape index (κ3) is 5.24. The second-order valence-electron chi connectivity index (χ2n) is 5.08. The zero-order chi connectivity index (χ0) is 15.2. The minimum atomic E-state index is -3.50. The number of nitrogens with one attached hydrogen (secondary N) is 3. The molecular weight excluding hydrogens is 278 g/mol. The second kappa shape index (κ2) is 7.78. The van der Waals surface area contributed by atoms with E-state index in [0.717, 1.165) is 5.69 Å². The Morgan fingerprint density at radius 3 is 2.65 bits per heavy atom. The van der Waals surface area contributed by atoms with E-state index < -0.39 is 10.0 Å². The fraction of sp³-hybridized carbons (Fsp3) is 0.692. The highest BCUT2D eigenvalue weighted by Gasteiger charge is 2.20. The summed E-state index contributed by atoms with van der Waals surface area (Å²) in [5.74, 6) is 0. The zero-order valence-corrected chi connectivity index (χ0v) is 13.4. The summed E-state index contributed by atoms with van der Waals surface area (Å²) in [6, 6.07) is 1.79. The number of hydrogen-bond acceptors (Lipinski definition) is 4. The number of hydrogen-bond donors (Lipinski definition) is 3. The molecule has 1 atom stereocenters. The maximum atomic E-state index is 12.2. The average molecular weight is 303 g/mol. The van der Waals surface area contributed by atoms with Crippen LogP contribution in [0.15, 0.2) is 17.2 Å². The van der Waals surface area contributed by atoms with Crippen LogP contribution in [0, 0.1) is 0 Å². The number of methoxy groups -OCH3 is 1. The van der Waals surface area contributed by atoms with Gasteiger partial charge in [-0.3, -0.25) is 0 Å². The Morgan fingerprint density at radius 1 is 1.40 bits per heavy atom. The molecule has 0 aliphatic heterocycles. The van der Waals surface area contributed by atoms with Crippen molar-refractivity contribution >= 4 is 10.0 Å². The van der Waals surface area contributed by atoms with Crippen molar-refractivity contribution in [3.8, 4) is 0 Å². The fourth-order valence-corrected chi connectivity index (χ4v) is 3.04. The molecule has 0 bridgehead atoms. The summed E-state index contributed by atoms with van der Waals surface area (Å²) < 4.78 is 32.1. The third-order valence-electron chi connectivity index (χ3n) is 2.91. The van der Waals surface area contributed by atoms with Crippen LogP contribution < -0.4 is 10.0 Å². The largest absolute Gasteiger partial charge is 0.383 e. The summed E-state index contributed by atoms with van der Waals surface area (Å²) in [5.41, 5.74) is 0.846. The number of H-pyrrole nitrogens is 1. The van der Waals surface area contributed by atoms with Crippen molar-refractivity contribution in [3.05, 3.63) is 18.0 Å². The molecule has 0 fully saturated rings. The van der Waals surface area contributed by atoms with Crippen LogP contribution in [0.2, 0.25) is 0 Å². The van der Waals surface area contributed by atoms with Crippen molar-refractivity contribution in [1.29, 1.82) is 0 Å². The van der Waals surface area contributed by atoms with E-state index in [1.807, 2.05) is 20.8 Å². The first-order chi connectivity index (χ1) is 9.39. The van der Waals surface area contributed by atoms with Gasteiger partial charge in [0.1, 0.15) is 0 Å². The van der Waals surface area contributed by atoms with Gasteiger partial charge < -0.3 is 15.0 Å². The standard InChI is InChI=1S/C13H25N3O3S/c1-5-11(9-19-4)16-20(17,18)13-6-12(15-8-13)7-14-10(2)3/h6,8,10-11,14-16H,5,7,9H2,1-4H3. The van der Waals surface area contributed by atoms with Gasteiger partial charge in [-0.1, -0.05) is 20.8 Å². The summed E-state index contributed by atoms with van der Waals surface area (Å²) in [7, 11) is -1.94. The van der Waals surface area contributed by atoms with E-state index in [2.05, 4.69) is 15.0 Å². The summed E-state index contributed by atoms with van der Waals surface area (Å²) in [6.07, 6.45) is 2.19. The van der Waals surface area contributed by atoms with E-state index in [0.29, 0.717) is 25.6 Å². The van der Waals surface area contributed by atoms with Gasteiger partial charge in [-0.2, -0.15) is 0 Å². The molecule has 1 rings (SSSR count). The highest BCUT2D eigenvalue weighted by atomic mass is 32.2. The Balaban J connectivity index is 2.72. The van der Waals surface area contributed by atoms with Crippen LogP contribution >= 0.6 is 0 Å². The number of sulfonamides is 1. The first kappa shape index (κ1) is 17.2. The molecule has 0 radical (unpaired) electrons. The summed E-state index contributed by atoms with van der Waals surface area (Å²) >= 11 is 0. The molecule has 6 nitrogen and oxygen atoms in total. The predicted molar refractivity (Wildman–Crippen MR) is 79.0 cm³/mol. The van der Waals surface area contributed by atoms with Gasteiger partial charge in [0.15, 0.2) is 0 Å². The monoisotopic (exact) mass is 303 g/mol. The van der Waals surface area contributed by atoms with Crippen LogP contribution in [0.25, 0.3) is 0 Å². The van der Waals surface area contributed by atoms with E-state index in [-0.39, 0.29) is 10.9 Å². The molecule has 116 valence electrons. The molecule has 0 spiro atoms. The van der Waals surface area contributed by atoms with E-state index in [1.165, 1.54) is 6.20 Å². The molecule has 0 aromatic carbocycles. The molecule has 3 N–H and O–H groups in total. The van der Waals surface area contributed by atoms with Crippen molar-refractivity contribution in [2.75, 3.05) is 13.7 Å². The van der Waals surface area contributed by atoms with Gasteiger partial charge in [-0.05, 0) is 12.5 Å². The molecule has 1 aromatic heterocycles. The summed E-state index contributed by atoms with van der Waals surface area (Å²) in [6.45, 7) is 6.98. The maximum Gasteiger partial charge on any atom is 0.242 e. The number of aromatic amines is 1. The first-order valence-electron chi connectivity index (χ1n) is 6.81. The lowest BCUT2D eigenvalue weighted by atomic mass is 10.3. The van der Waals surface area contributed by atoms with Crippen molar-refractivity contribution in [2.24, 2.45) is 0 Å². The van der Waals surface area contributed by atoms with Crippen LogP contribution in [0.4, 0.5) is 0 Å². The molecule has 0 aliphatic rings. The lowest BCUT2D eigenvalue weighted by Crippen LogP contribution is -2.37. The number of ether oxygens (including phenoxy) is 1. The molecule has 1 aromatic rings. The molecule has 0 saturated heterocycles. The van der Waals surface area contributed by atoms with Crippen LogP contribution in [0.5, 0.6) is 0 Å². The lowest BCUT2D eigenvalue weighted by Gasteiger charge is -2.15. The molecule has 0 saturated carbocycles. The zero-order valence-electron chi connectivity index (χ0n) is 12.6. The molecule has 7 heteroatoms. The van der Waals surface area contributed by atoms with Gasteiger partial charge in [-0.15, -0.1) is 0 Å². The van der Waals surface area contributed by atoms with Crippen molar-refractivity contribution < 1.29 is 13.2 Å². The normalized spacial score (nSPS) is 13.8. The first-order valence-corrected chi connectivity index (χ1v) is 8.29. The Hall–Kier alpha value is -0.890. The quantitative estimate of drug-likeness (QED) is 0.640. The van der Waals surface area contributed by atoms with Crippen LogP contribution in [-0.2, 0) is 21.3 Å². The van der Waals surface area contributed by atoms with Gasteiger partial charge in [0.2, 0.25) is 10.0 Å². The third-order valence-corrected chi connectivity index (χ3v) is 4.41. The van der Waals surface area contributed by atoms with E-state index >= 15 is 0 Å². The Labute approximate surface area is 121 Å². The molecular formula is C13H25N3O3S. The van der Waals surface area contributed by atoms with E-state index in [9.17, 15) is 8.42 Å².